The monoisotopic (exact) mass is 425 g/mol. The summed E-state index contributed by atoms with van der Waals surface area (Å²) in [5.41, 5.74) is 1.80. The number of hydrogen-bond donors (Lipinski definition) is 1. The maximum absolute atomic E-state index is 13.3. The molecule has 0 aromatic heterocycles. The number of quaternary nitrogens is 1. The molecule has 0 aliphatic carbocycles. The largest absolute Gasteiger partial charge is 0.334 e. The lowest BCUT2D eigenvalue weighted by Crippen LogP contribution is -3.12. The summed E-state index contributed by atoms with van der Waals surface area (Å²) in [5.74, 6) is 0. The summed E-state index contributed by atoms with van der Waals surface area (Å²) in [5, 5.41) is 0. The highest BCUT2D eigenvalue weighted by Crippen LogP contribution is 2.24. The Morgan fingerprint density at radius 2 is 1.07 bits per heavy atom. The van der Waals surface area contributed by atoms with Gasteiger partial charge in [0.15, 0.2) is 0 Å². The van der Waals surface area contributed by atoms with Crippen LogP contribution in [0, 0.1) is 13.8 Å². The predicted octanol–water partition coefficient (Wildman–Crippen LogP) is 1.61. The Labute approximate surface area is 168 Å². The van der Waals surface area contributed by atoms with Crippen molar-refractivity contribution < 1.29 is 21.7 Å². The Hall–Kier alpha value is -1.74. The van der Waals surface area contributed by atoms with Crippen LogP contribution in [0.5, 0.6) is 0 Å². The van der Waals surface area contributed by atoms with Gasteiger partial charge in [0, 0.05) is 0 Å². The summed E-state index contributed by atoms with van der Waals surface area (Å²) in [6.07, 6.45) is 0. The first-order valence-corrected chi connectivity index (χ1v) is 12.3. The summed E-state index contributed by atoms with van der Waals surface area (Å²) >= 11 is 0. The van der Waals surface area contributed by atoms with E-state index in [-0.39, 0.29) is 16.3 Å². The van der Waals surface area contributed by atoms with E-state index in [0.717, 1.165) is 29.1 Å². The van der Waals surface area contributed by atoms with Gasteiger partial charge in [-0.25, -0.2) is 16.8 Å². The van der Waals surface area contributed by atoms with E-state index in [1.54, 1.807) is 24.3 Å². The van der Waals surface area contributed by atoms with Gasteiger partial charge in [-0.2, -0.15) is 0 Å². The normalized spacial score (nSPS) is 12.6. The third-order valence-electron chi connectivity index (χ3n) is 4.82. The van der Waals surface area contributed by atoms with E-state index in [0.29, 0.717) is 10.3 Å². The van der Waals surface area contributed by atoms with Crippen LogP contribution in [0.3, 0.4) is 0 Å². The second kappa shape index (κ2) is 9.17. The average Bonchev–Trinajstić information content (AvgIpc) is 2.65. The van der Waals surface area contributed by atoms with Crippen molar-refractivity contribution in [3.63, 3.8) is 0 Å². The lowest BCUT2D eigenvalue weighted by atomic mass is 10.2. The highest BCUT2D eigenvalue weighted by atomic mass is 32.3. The molecule has 0 atom stereocenters. The third kappa shape index (κ3) is 5.00. The summed E-state index contributed by atoms with van der Waals surface area (Å²) < 4.78 is 53.7. The number of rotatable bonds is 9. The molecule has 0 aliphatic rings. The van der Waals surface area contributed by atoms with Gasteiger partial charge in [0.25, 0.3) is 20.0 Å². The van der Waals surface area contributed by atoms with Crippen molar-refractivity contribution in [3.8, 4) is 0 Å². The first-order chi connectivity index (χ1) is 13.1. The second-order valence-corrected chi connectivity index (χ2v) is 10.8. The predicted molar refractivity (Wildman–Crippen MR) is 110 cm³/mol. The molecule has 8 heteroatoms. The molecular weight excluding hydrogens is 396 g/mol. The molecule has 2 rings (SSSR count). The lowest BCUT2D eigenvalue weighted by molar-refractivity contribution is -0.895. The number of nitrogens with one attached hydrogen (secondary N) is 1. The first-order valence-electron chi connectivity index (χ1n) is 9.37. The minimum absolute atomic E-state index is 0.0247. The fourth-order valence-corrected chi connectivity index (χ4v) is 6.52. The van der Waals surface area contributed by atoms with E-state index in [1.807, 2.05) is 27.7 Å². The lowest BCUT2D eigenvalue weighted by Gasteiger charge is -2.24. The van der Waals surface area contributed by atoms with E-state index in [1.165, 1.54) is 24.3 Å². The van der Waals surface area contributed by atoms with Gasteiger partial charge in [-0.1, -0.05) is 39.1 Å². The minimum Gasteiger partial charge on any atom is -0.334 e. The molecule has 0 aliphatic heterocycles. The molecule has 0 saturated heterocycles. The highest BCUT2D eigenvalue weighted by Gasteiger charge is 2.37. The maximum atomic E-state index is 13.3. The Balaban J connectivity index is 2.52. The van der Waals surface area contributed by atoms with Crippen molar-refractivity contribution in [1.82, 2.24) is 3.71 Å². The van der Waals surface area contributed by atoms with E-state index in [2.05, 4.69) is 0 Å². The number of aryl methyl sites for hydroxylation is 2. The molecule has 1 N–H and O–H groups in total. The van der Waals surface area contributed by atoms with E-state index in [9.17, 15) is 16.8 Å². The molecule has 0 fully saturated rings. The molecule has 28 heavy (non-hydrogen) atoms. The van der Waals surface area contributed by atoms with Crippen LogP contribution in [-0.4, -0.2) is 46.7 Å². The average molecular weight is 426 g/mol. The van der Waals surface area contributed by atoms with Crippen molar-refractivity contribution in [1.29, 1.82) is 0 Å². The highest BCUT2D eigenvalue weighted by molar-refractivity contribution is 8.04. The number of sulfonamides is 2. The Morgan fingerprint density at radius 3 is 1.39 bits per heavy atom. The van der Waals surface area contributed by atoms with Crippen LogP contribution in [0.1, 0.15) is 25.0 Å². The molecule has 0 amide bonds. The van der Waals surface area contributed by atoms with Crippen molar-refractivity contribution in [3.05, 3.63) is 59.7 Å². The van der Waals surface area contributed by atoms with Crippen molar-refractivity contribution in [2.75, 3.05) is 26.2 Å². The van der Waals surface area contributed by atoms with Crippen LogP contribution >= 0.6 is 0 Å². The zero-order valence-electron chi connectivity index (χ0n) is 16.8. The SMILES string of the molecule is CC[NH+](CC)CCN(S(=O)(=O)c1ccc(C)cc1)S(=O)(=O)c1ccc(C)cc1. The quantitative estimate of drug-likeness (QED) is 0.662. The maximum Gasteiger partial charge on any atom is 0.256 e. The van der Waals surface area contributed by atoms with Crippen LogP contribution in [0.2, 0.25) is 0 Å². The molecular formula is C20H29N2O4S2+. The van der Waals surface area contributed by atoms with Gasteiger partial charge in [0.05, 0.1) is 36.0 Å². The molecule has 0 heterocycles. The fourth-order valence-electron chi connectivity index (χ4n) is 2.88. The molecule has 2 aromatic carbocycles. The van der Waals surface area contributed by atoms with E-state index < -0.39 is 20.0 Å². The molecule has 6 nitrogen and oxygen atoms in total. The summed E-state index contributed by atoms with van der Waals surface area (Å²) in [6.45, 7) is 9.56. The van der Waals surface area contributed by atoms with Gasteiger partial charge in [0.1, 0.15) is 0 Å². The van der Waals surface area contributed by atoms with Crippen LogP contribution in [0.25, 0.3) is 0 Å². The second-order valence-electron chi connectivity index (χ2n) is 6.84. The van der Waals surface area contributed by atoms with Crippen molar-refractivity contribution in [2.45, 2.75) is 37.5 Å². The molecule has 0 radical (unpaired) electrons. The Kier molecular flexibility index (Phi) is 7.39. The zero-order chi connectivity index (χ0) is 20.9. The molecule has 0 spiro atoms. The van der Waals surface area contributed by atoms with Crippen LogP contribution < -0.4 is 4.90 Å². The topological polar surface area (TPSA) is 76.0 Å². The van der Waals surface area contributed by atoms with Gasteiger partial charge in [-0.15, -0.1) is 0 Å². The Morgan fingerprint density at radius 1 is 0.714 bits per heavy atom. The van der Waals surface area contributed by atoms with Gasteiger partial charge < -0.3 is 4.90 Å². The van der Waals surface area contributed by atoms with E-state index in [4.69, 9.17) is 0 Å². The zero-order valence-corrected chi connectivity index (χ0v) is 18.5. The van der Waals surface area contributed by atoms with Crippen LogP contribution in [0.15, 0.2) is 58.3 Å². The van der Waals surface area contributed by atoms with Gasteiger partial charge in [0.2, 0.25) is 0 Å². The van der Waals surface area contributed by atoms with Crippen molar-refractivity contribution in [2.24, 2.45) is 0 Å². The van der Waals surface area contributed by atoms with Gasteiger partial charge >= 0.3 is 0 Å². The Bertz CT molecular complexity index is 904. The van der Waals surface area contributed by atoms with Gasteiger partial charge in [-0.05, 0) is 52.0 Å². The van der Waals surface area contributed by atoms with Crippen molar-refractivity contribution >= 4 is 20.0 Å². The molecule has 154 valence electrons. The molecule has 2 aromatic rings. The van der Waals surface area contributed by atoms with Gasteiger partial charge in [-0.3, -0.25) is 0 Å². The molecule has 0 unspecified atom stereocenters. The minimum atomic E-state index is -4.21. The number of benzene rings is 2. The standard InChI is InChI=1S/C20H28N2O4S2/c1-5-21(6-2)15-16-22(27(23,24)19-11-7-17(3)8-12-19)28(25,26)20-13-9-18(4)10-14-20/h7-14H,5-6,15-16H2,1-4H3/p+1. The number of hydrogen-bond acceptors (Lipinski definition) is 4. The number of likely N-dealkylation sites (N-methyl/N-ethyl adjacent to an activating group) is 1. The van der Waals surface area contributed by atoms with Crippen LogP contribution in [0.4, 0.5) is 0 Å². The molecule has 0 bridgehead atoms. The summed E-state index contributed by atoms with van der Waals surface area (Å²) in [4.78, 5) is 1.08. The first kappa shape index (κ1) is 22.5. The molecule has 0 saturated carbocycles. The van der Waals surface area contributed by atoms with Crippen LogP contribution in [-0.2, 0) is 20.0 Å². The number of nitrogens with zero attached hydrogens (tertiary/aromatic N) is 1. The smallest absolute Gasteiger partial charge is 0.256 e. The summed E-state index contributed by atoms with van der Waals surface area (Å²) in [7, 11) is -8.43. The third-order valence-corrected chi connectivity index (χ3v) is 9.17. The summed E-state index contributed by atoms with van der Waals surface area (Å²) in [6, 6.07) is 12.5. The van der Waals surface area contributed by atoms with E-state index >= 15 is 0 Å². The fraction of sp³-hybridized carbons (Fsp3) is 0.400.